The third-order valence-electron chi connectivity index (χ3n) is 8.12. The number of phenolic OH excluding ortho intramolecular Hbond substituents is 1. The van der Waals surface area contributed by atoms with Gasteiger partial charge in [-0.25, -0.2) is 0 Å². The van der Waals surface area contributed by atoms with E-state index >= 15 is 0 Å². The van der Waals surface area contributed by atoms with E-state index in [4.69, 9.17) is 10.5 Å². The fourth-order valence-corrected chi connectivity index (χ4v) is 6.46. The summed E-state index contributed by atoms with van der Waals surface area (Å²) in [6.45, 7) is 1.87. The predicted octanol–water partition coefficient (Wildman–Crippen LogP) is 1.99. The molecule has 38 heavy (non-hydrogen) atoms. The van der Waals surface area contributed by atoms with Gasteiger partial charge in [0.15, 0.2) is 11.4 Å². The number of hydrogen-bond donors (Lipinski definition) is 4. The van der Waals surface area contributed by atoms with E-state index < -0.39 is 58.0 Å². The average molecular weight is 520 g/mol. The molecule has 0 bridgehead atoms. The van der Waals surface area contributed by atoms with Crippen molar-refractivity contribution in [3.63, 3.8) is 0 Å². The Hall–Kier alpha value is -4.02. The summed E-state index contributed by atoms with van der Waals surface area (Å²) in [6.07, 6.45) is 2.15. The minimum absolute atomic E-state index is 0.0349. The number of aliphatic hydroxyl groups is 2. The molecule has 3 aliphatic carbocycles. The van der Waals surface area contributed by atoms with Gasteiger partial charge >= 0.3 is 0 Å². The number of aromatic hydroxyl groups is 1. The largest absolute Gasteiger partial charge is 0.508 e. The summed E-state index contributed by atoms with van der Waals surface area (Å²) >= 11 is 0. The highest BCUT2D eigenvalue weighted by atomic mass is 16.5. The normalized spacial score (nSPS) is 26.8. The van der Waals surface area contributed by atoms with Crippen LogP contribution in [0.1, 0.15) is 23.2 Å². The number of hydrogen-bond acceptors (Lipinski definition) is 9. The summed E-state index contributed by atoms with van der Waals surface area (Å²) in [7, 11) is 4.47. The Morgan fingerprint density at radius 1 is 1.16 bits per heavy atom. The Morgan fingerprint density at radius 2 is 1.87 bits per heavy atom. The predicted molar refractivity (Wildman–Crippen MR) is 137 cm³/mol. The summed E-state index contributed by atoms with van der Waals surface area (Å²) < 4.78 is 5.68. The van der Waals surface area contributed by atoms with Crippen molar-refractivity contribution in [2.45, 2.75) is 31.4 Å². The second kappa shape index (κ2) is 8.78. The van der Waals surface area contributed by atoms with Gasteiger partial charge in [0, 0.05) is 36.1 Å². The molecule has 1 heterocycles. The van der Waals surface area contributed by atoms with Gasteiger partial charge in [-0.1, -0.05) is 12.1 Å². The molecule has 10 nitrogen and oxygen atoms in total. The molecule has 0 spiro atoms. The number of ketones is 2. The molecule has 1 aromatic carbocycles. The number of fused-ring (bicyclic) bond motifs is 3. The number of likely N-dealkylation sites (N-methyl/N-ethyl adjacent to an activating group) is 1. The van der Waals surface area contributed by atoms with E-state index in [0.717, 1.165) is 16.8 Å². The zero-order chi connectivity index (χ0) is 27.7. The lowest BCUT2D eigenvalue weighted by Crippen LogP contribution is -2.66. The first-order valence-electron chi connectivity index (χ1n) is 12.2. The maximum absolute atomic E-state index is 14.2. The van der Waals surface area contributed by atoms with Gasteiger partial charge in [0.25, 0.3) is 5.91 Å². The fourth-order valence-electron chi connectivity index (χ4n) is 6.46. The quantitative estimate of drug-likeness (QED) is 0.442. The lowest BCUT2D eigenvalue weighted by atomic mass is 9.57. The molecular weight excluding hydrogens is 490 g/mol. The lowest BCUT2D eigenvalue weighted by Gasteiger charge is -2.52. The molecule has 3 aliphatic rings. The first kappa shape index (κ1) is 25.6. The first-order valence-corrected chi connectivity index (χ1v) is 12.2. The SMILES string of the molecule is CO[C@]12C(=O)C3=C(O)c4c(O)ccc(-c5ccc(C)nc5)c4C[C@H]3C[C@H]1[C@H](N(C)C)C(=O)C(C(N)=O)=C2O. The van der Waals surface area contributed by atoms with Gasteiger partial charge in [0.1, 0.15) is 22.8 Å². The van der Waals surface area contributed by atoms with E-state index in [0.29, 0.717) is 5.56 Å². The highest BCUT2D eigenvalue weighted by Gasteiger charge is 2.65. The Balaban J connectivity index is 1.76. The van der Waals surface area contributed by atoms with Crippen LogP contribution in [0.2, 0.25) is 0 Å². The molecule has 0 aliphatic heterocycles. The van der Waals surface area contributed by atoms with Crippen LogP contribution in [0.5, 0.6) is 5.75 Å². The third kappa shape index (κ3) is 3.33. The number of pyridine rings is 1. The summed E-state index contributed by atoms with van der Waals surface area (Å²) in [5.74, 6) is -5.57. The van der Waals surface area contributed by atoms with Gasteiger partial charge < -0.3 is 25.8 Å². The van der Waals surface area contributed by atoms with Gasteiger partial charge in [-0.05, 0) is 63.0 Å². The van der Waals surface area contributed by atoms with E-state index in [2.05, 4.69) is 4.98 Å². The highest BCUT2D eigenvalue weighted by Crippen LogP contribution is 2.54. The maximum atomic E-state index is 14.2. The molecule has 1 amide bonds. The summed E-state index contributed by atoms with van der Waals surface area (Å²) in [5.41, 5.74) is 5.72. The standard InChI is InChI=1S/C28H29N3O7/c1-12-5-6-13(11-30-12)15-7-8-18(32)20-16(15)9-14-10-17-22(31(2)3)24(34)21(27(29)37)26(36)28(17,38-4)25(35)19(14)23(20)33/h5-8,11,14,17,22,32-33,36H,9-10H2,1-4H3,(H2,29,37)/t14-,17-,22-,28-/m0/s1. The number of ether oxygens (including phenoxy) is 1. The number of aliphatic hydroxyl groups excluding tert-OH is 2. The first-order chi connectivity index (χ1) is 17.9. The zero-order valence-corrected chi connectivity index (χ0v) is 21.5. The number of phenols is 1. The topological polar surface area (TPSA) is 163 Å². The number of amides is 1. The van der Waals surface area contributed by atoms with Crippen molar-refractivity contribution in [3.8, 4) is 16.9 Å². The monoisotopic (exact) mass is 519 g/mol. The second-order valence-corrected chi connectivity index (χ2v) is 10.3. The Morgan fingerprint density at radius 3 is 2.45 bits per heavy atom. The second-order valence-electron chi connectivity index (χ2n) is 10.3. The van der Waals surface area contributed by atoms with E-state index in [-0.39, 0.29) is 29.7 Å². The number of primary amides is 1. The molecule has 5 rings (SSSR count). The van der Waals surface area contributed by atoms with Crippen molar-refractivity contribution < 1.29 is 34.4 Å². The summed E-state index contributed by atoms with van der Waals surface area (Å²) in [5, 5.41) is 33.4. The van der Waals surface area contributed by atoms with Gasteiger partial charge in [0.2, 0.25) is 5.78 Å². The van der Waals surface area contributed by atoms with Crippen LogP contribution in [0, 0.1) is 18.8 Å². The molecule has 5 N–H and O–H groups in total. The van der Waals surface area contributed by atoms with E-state index in [1.807, 2.05) is 19.1 Å². The molecule has 198 valence electrons. The Labute approximate surface area is 219 Å². The zero-order valence-electron chi connectivity index (χ0n) is 21.5. The van der Waals surface area contributed by atoms with Crippen molar-refractivity contribution in [1.29, 1.82) is 0 Å². The molecule has 10 heteroatoms. The van der Waals surface area contributed by atoms with Gasteiger partial charge in [-0.15, -0.1) is 0 Å². The Kier molecular flexibility index (Phi) is 5.92. The number of rotatable bonds is 4. The molecule has 1 fully saturated rings. The molecule has 2 aromatic rings. The van der Waals surface area contributed by atoms with E-state index in [1.165, 1.54) is 13.2 Å². The van der Waals surface area contributed by atoms with Crippen molar-refractivity contribution in [2.75, 3.05) is 21.2 Å². The lowest BCUT2D eigenvalue weighted by molar-refractivity contribution is -0.159. The van der Waals surface area contributed by atoms with Crippen LogP contribution in [0.15, 0.2) is 47.4 Å². The van der Waals surface area contributed by atoms with Crippen molar-refractivity contribution in [2.24, 2.45) is 17.6 Å². The molecule has 4 atom stereocenters. The van der Waals surface area contributed by atoms with Crippen molar-refractivity contribution in [1.82, 2.24) is 9.88 Å². The average Bonchev–Trinajstić information content (AvgIpc) is 2.84. The number of nitrogens with zero attached hydrogens (tertiary/aromatic N) is 2. The number of aromatic nitrogens is 1. The third-order valence-corrected chi connectivity index (χ3v) is 8.12. The summed E-state index contributed by atoms with van der Waals surface area (Å²) in [4.78, 5) is 45.7. The van der Waals surface area contributed by atoms with Crippen molar-refractivity contribution >= 4 is 23.2 Å². The Bertz CT molecular complexity index is 1460. The van der Waals surface area contributed by atoms with Gasteiger partial charge in [-0.2, -0.15) is 0 Å². The van der Waals surface area contributed by atoms with Crippen LogP contribution in [0.25, 0.3) is 16.9 Å². The van der Waals surface area contributed by atoms with Crippen LogP contribution >= 0.6 is 0 Å². The summed E-state index contributed by atoms with van der Waals surface area (Å²) in [6, 6.07) is 5.94. The number of carbonyl (C=O) groups is 3. The number of aryl methyl sites for hydroxylation is 1. The minimum Gasteiger partial charge on any atom is -0.508 e. The molecule has 1 aromatic heterocycles. The van der Waals surface area contributed by atoms with Crippen LogP contribution in [-0.4, -0.2) is 75.5 Å². The minimum atomic E-state index is -2.11. The number of carbonyl (C=O) groups excluding carboxylic acids is 3. The number of methoxy groups -OCH3 is 1. The molecule has 0 unspecified atom stereocenters. The number of nitrogens with two attached hydrogens (primary N) is 1. The van der Waals surface area contributed by atoms with E-state index in [1.54, 1.807) is 31.3 Å². The molecule has 1 saturated carbocycles. The van der Waals surface area contributed by atoms with Gasteiger partial charge in [0.05, 0.1) is 11.6 Å². The van der Waals surface area contributed by atoms with Crippen LogP contribution in [-0.2, 0) is 25.5 Å². The van der Waals surface area contributed by atoms with Crippen LogP contribution < -0.4 is 5.73 Å². The number of benzene rings is 1. The fraction of sp³-hybridized carbons (Fsp3) is 0.357. The smallest absolute Gasteiger partial charge is 0.255 e. The molecule has 0 radical (unpaired) electrons. The number of Topliss-reactive ketones (excluding diaryl/α,β-unsaturated/α-hetero) is 2. The maximum Gasteiger partial charge on any atom is 0.255 e. The van der Waals surface area contributed by atoms with Crippen molar-refractivity contribution in [3.05, 3.63) is 64.2 Å². The van der Waals surface area contributed by atoms with Gasteiger partial charge in [-0.3, -0.25) is 24.3 Å². The van der Waals surface area contributed by atoms with E-state index in [9.17, 15) is 29.7 Å². The molecule has 0 saturated heterocycles. The van der Waals surface area contributed by atoms with Crippen LogP contribution in [0.4, 0.5) is 0 Å². The highest BCUT2D eigenvalue weighted by molar-refractivity contribution is 6.24. The van der Waals surface area contributed by atoms with Crippen LogP contribution in [0.3, 0.4) is 0 Å². The molecular formula is C28H29N3O7.